The second-order valence-electron chi connectivity index (χ2n) is 5.36. The van der Waals surface area contributed by atoms with Crippen LogP contribution in [0.2, 0.25) is 0 Å². The van der Waals surface area contributed by atoms with Gasteiger partial charge in [-0.2, -0.15) is 0 Å². The second-order valence-corrected chi connectivity index (χ2v) is 5.36. The zero-order valence-electron chi connectivity index (χ0n) is 11.3. The van der Waals surface area contributed by atoms with Crippen LogP contribution >= 0.6 is 0 Å². The Kier molecular flexibility index (Phi) is 3.38. The minimum atomic E-state index is -3.70. The van der Waals surface area contributed by atoms with E-state index in [1.807, 2.05) is 0 Å². The number of fused-ring (bicyclic) bond motifs is 1. The molecule has 1 aromatic carbocycles. The molecule has 1 fully saturated rings. The Hall–Kier alpha value is -2.38. The maximum Gasteiger partial charge on any atom is 0.586 e. The average molecular weight is 313 g/mol. The topological polar surface area (TPSA) is 84.9 Å². The van der Waals surface area contributed by atoms with Gasteiger partial charge in [0.05, 0.1) is 5.92 Å². The number of carbonyl (C=O) groups is 2. The SMILES string of the molecule is O=C(O)[C@@H]1CC[C@H](C(=O)Nc2ccc3c(c2)OC(F)(F)O3)C1. The van der Waals surface area contributed by atoms with E-state index in [0.717, 1.165) is 0 Å². The van der Waals surface area contributed by atoms with Crippen LogP contribution in [-0.2, 0) is 9.59 Å². The summed E-state index contributed by atoms with van der Waals surface area (Å²) in [6.45, 7) is 0. The molecule has 3 rings (SSSR count). The average Bonchev–Trinajstić information content (AvgIpc) is 3.00. The largest absolute Gasteiger partial charge is 0.586 e. The first-order chi connectivity index (χ1) is 10.3. The van der Waals surface area contributed by atoms with Gasteiger partial charge in [-0.25, -0.2) is 0 Å². The van der Waals surface area contributed by atoms with E-state index in [-0.39, 0.29) is 23.8 Å². The molecule has 6 nitrogen and oxygen atoms in total. The lowest BCUT2D eigenvalue weighted by molar-refractivity contribution is -0.286. The Labute approximate surface area is 124 Å². The van der Waals surface area contributed by atoms with Crippen LogP contribution in [0.15, 0.2) is 18.2 Å². The van der Waals surface area contributed by atoms with Crippen molar-refractivity contribution in [2.75, 3.05) is 5.32 Å². The van der Waals surface area contributed by atoms with Crippen LogP contribution < -0.4 is 14.8 Å². The number of nitrogens with one attached hydrogen (secondary N) is 1. The first-order valence-corrected chi connectivity index (χ1v) is 6.77. The molecule has 2 aliphatic rings. The number of carbonyl (C=O) groups excluding carboxylic acids is 1. The van der Waals surface area contributed by atoms with Crippen molar-refractivity contribution < 1.29 is 33.0 Å². The summed E-state index contributed by atoms with van der Waals surface area (Å²) in [5.74, 6) is -2.39. The lowest BCUT2D eigenvalue weighted by Crippen LogP contribution is -2.25. The van der Waals surface area contributed by atoms with Gasteiger partial charge in [0.1, 0.15) is 0 Å². The quantitative estimate of drug-likeness (QED) is 0.895. The maximum atomic E-state index is 12.9. The van der Waals surface area contributed by atoms with Crippen LogP contribution in [0.5, 0.6) is 11.5 Å². The molecular formula is C14H13F2NO5. The molecule has 118 valence electrons. The smallest absolute Gasteiger partial charge is 0.481 e. The molecule has 0 radical (unpaired) electrons. The van der Waals surface area contributed by atoms with E-state index >= 15 is 0 Å². The highest BCUT2D eigenvalue weighted by atomic mass is 19.3. The third-order valence-corrected chi connectivity index (χ3v) is 3.82. The molecule has 1 aliphatic heterocycles. The summed E-state index contributed by atoms with van der Waals surface area (Å²) in [7, 11) is 0. The fraction of sp³-hybridized carbons (Fsp3) is 0.429. The Morgan fingerprint density at radius 3 is 2.55 bits per heavy atom. The number of halogens is 2. The van der Waals surface area contributed by atoms with Gasteiger partial charge in [0.15, 0.2) is 11.5 Å². The highest BCUT2D eigenvalue weighted by molar-refractivity contribution is 5.93. The third kappa shape index (κ3) is 2.81. The summed E-state index contributed by atoms with van der Waals surface area (Å²) in [5, 5.41) is 11.5. The molecule has 1 aliphatic carbocycles. The van der Waals surface area contributed by atoms with Crippen molar-refractivity contribution in [1.29, 1.82) is 0 Å². The molecule has 8 heteroatoms. The summed E-state index contributed by atoms with van der Waals surface area (Å²) < 4.78 is 34.4. The zero-order valence-corrected chi connectivity index (χ0v) is 11.3. The number of carboxylic acids is 1. The van der Waals surface area contributed by atoms with Crippen LogP contribution in [0, 0.1) is 11.8 Å². The van der Waals surface area contributed by atoms with Crippen LogP contribution in [0.4, 0.5) is 14.5 Å². The molecule has 1 amide bonds. The van der Waals surface area contributed by atoms with Crippen LogP contribution in [-0.4, -0.2) is 23.3 Å². The van der Waals surface area contributed by atoms with Crippen molar-refractivity contribution in [2.24, 2.45) is 11.8 Å². The molecule has 22 heavy (non-hydrogen) atoms. The molecule has 1 aromatic rings. The Bertz CT molecular complexity index is 634. The monoisotopic (exact) mass is 313 g/mol. The van der Waals surface area contributed by atoms with Crippen molar-refractivity contribution in [3.63, 3.8) is 0 Å². The number of anilines is 1. The molecule has 1 heterocycles. The zero-order chi connectivity index (χ0) is 15.9. The minimum Gasteiger partial charge on any atom is -0.481 e. The molecule has 0 bridgehead atoms. The van der Waals surface area contributed by atoms with E-state index in [2.05, 4.69) is 14.8 Å². The lowest BCUT2D eigenvalue weighted by atomic mass is 10.0. The van der Waals surface area contributed by atoms with Gasteiger partial charge in [-0.05, 0) is 31.4 Å². The molecule has 2 atom stereocenters. The number of benzene rings is 1. The number of amides is 1. The second kappa shape index (κ2) is 5.11. The normalized spacial score (nSPS) is 25.0. The van der Waals surface area contributed by atoms with E-state index < -0.39 is 24.1 Å². The van der Waals surface area contributed by atoms with Gasteiger partial charge in [0, 0.05) is 17.7 Å². The lowest BCUT2D eigenvalue weighted by Gasteiger charge is -2.11. The summed E-state index contributed by atoms with van der Waals surface area (Å²) in [6.07, 6.45) is -2.47. The predicted molar refractivity (Wildman–Crippen MR) is 69.7 cm³/mol. The van der Waals surface area contributed by atoms with Gasteiger partial charge in [-0.1, -0.05) is 0 Å². The number of ether oxygens (including phenoxy) is 2. The summed E-state index contributed by atoms with van der Waals surface area (Å²) in [4.78, 5) is 23.0. The van der Waals surface area contributed by atoms with E-state index in [1.165, 1.54) is 18.2 Å². The maximum absolute atomic E-state index is 12.9. The highest BCUT2D eigenvalue weighted by Crippen LogP contribution is 2.42. The first-order valence-electron chi connectivity index (χ1n) is 6.77. The van der Waals surface area contributed by atoms with Gasteiger partial charge in [0.2, 0.25) is 5.91 Å². The van der Waals surface area contributed by atoms with Gasteiger partial charge >= 0.3 is 12.3 Å². The van der Waals surface area contributed by atoms with Crippen molar-refractivity contribution in [1.82, 2.24) is 0 Å². The highest BCUT2D eigenvalue weighted by Gasteiger charge is 2.43. The molecule has 2 N–H and O–H groups in total. The minimum absolute atomic E-state index is 0.102. The molecule has 1 saturated carbocycles. The Morgan fingerprint density at radius 1 is 1.18 bits per heavy atom. The van der Waals surface area contributed by atoms with Gasteiger partial charge in [-0.3, -0.25) is 9.59 Å². The van der Waals surface area contributed by atoms with E-state index in [1.54, 1.807) is 0 Å². The van der Waals surface area contributed by atoms with Crippen molar-refractivity contribution in [3.05, 3.63) is 18.2 Å². The molecule has 0 aromatic heterocycles. The number of aliphatic carboxylic acids is 1. The number of hydrogen-bond donors (Lipinski definition) is 2. The van der Waals surface area contributed by atoms with E-state index in [9.17, 15) is 18.4 Å². The fourth-order valence-electron chi connectivity index (χ4n) is 2.72. The van der Waals surface area contributed by atoms with Crippen LogP contribution in [0.3, 0.4) is 0 Å². The number of alkyl halides is 2. The van der Waals surface area contributed by atoms with Crippen molar-refractivity contribution in [3.8, 4) is 11.5 Å². The summed E-state index contributed by atoms with van der Waals surface area (Å²) in [5.41, 5.74) is 0.295. The van der Waals surface area contributed by atoms with Gasteiger partial charge in [0.25, 0.3) is 0 Å². The van der Waals surface area contributed by atoms with Gasteiger partial charge in [-0.15, -0.1) is 8.78 Å². The van der Waals surface area contributed by atoms with Crippen molar-refractivity contribution >= 4 is 17.6 Å². The predicted octanol–water partition coefficient (Wildman–Crippen LogP) is 2.45. The van der Waals surface area contributed by atoms with Crippen LogP contribution in [0.1, 0.15) is 19.3 Å². The molecular weight excluding hydrogens is 300 g/mol. The first kappa shape index (κ1) is 14.6. The summed E-state index contributed by atoms with van der Waals surface area (Å²) in [6, 6.07) is 3.95. The van der Waals surface area contributed by atoms with E-state index in [0.29, 0.717) is 18.5 Å². The number of rotatable bonds is 3. The third-order valence-electron chi connectivity index (χ3n) is 3.82. The summed E-state index contributed by atoms with van der Waals surface area (Å²) >= 11 is 0. The molecule has 0 spiro atoms. The number of hydrogen-bond acceptors (Lipinski definition) is 4. The van der Waals surface area contributed by atoms with Gasteiger partial charge < -0.3 is 19.9 Å². The van der Waals surface area contributed by atoms with Crippen LogP contribution in [0.25, 0.3) is 0 Å². The fourth-order valence-corrected chi connectivity index (χ4v) is 2.72. The molecule has 0 saturated heterocycles. The molecule has 0 unspecified atom stereocenters. The standard InChI is InChI=1S/C14H13F2NO5/c15-14(16)21-10-4-3-9(6-11(10)22-14)17-12(18)7-1-2-8(5-7)13(19)20/h3-4,6-8H,1-2,5H2,(H,17,18)(H,19,20)/t7-,8+/m0/s1. The van der Waals surface area contributed by atoms with Crippen molar-refractivity contribution in [2.45, 2.75) is 25.6 Å². The van der Waals surface area contributed by atoms with E-state index in [4.69, 9.17) is 5.11 Å². The number of carboxylic acid groups (broad SMARTS) is 1. The Morgan fingerprint density at radius 2 is 1.86 bits per heavy atom. The Balaban J connectivity index is 1.65.